The number of aliphatic hydroxyl groups is 1. The zero-order chi connectivity index (χ0) is 19.7. The third-order valence-electron chi connectivity index (χ3n) is 5.31. The normalized spacial score (nSPS) is 16.5. The Morgan fingerprint density at radius 2 is 2.07 bits per heavy atom. The molecule has 0 bridgehead atoms. The lowest BCUT2D eigenvalue weighted by molar-refractivity contribution is 0.170. The summed E-state index contributed by atoms with van der Waals surface area (Å²) in [5.41, 5.74) is 8.39. The Bertz CT molecular complexity index is 965. The van der Waals surface area contributed by atoms with Gasteiger partial charge in [0.1, 0.15) is 11.6 Å². The van der Waals surface area contributed by atoms with Crippen LogP contribution in [0.2, 0.25) is 5.02 Å². The lowest BCUT2D eigenvalue weighted by Crippen LogP contribution is -2.53. The molecular formula is C20H24ClN5O2. The number of anilines is 1. The molecule has 4 rings (SSSR count). The monoisotopic (exact) mass is 401 g/mol. The average Bonchev–Trinajstić information content (AvgIpc) is 3.09. The number of rotatable bonds is 5. The topological polar surface area (TPSA) is 88.9 Å². The van der Waals surface area contributed by atoms with Crippen LogP contribution in [-0.2, 0) is 0 Å². The summed E-state index contributed by atoms with van der Waals surface area (Å²) in [5.74, 6) is 1.63. The highest BCUT2D eigenvalue weighted by atomic mass is 35.5. The average molecular weight is 402 g/mol. The van der Waals surface area contributed by atoms with Gasteiger partial charge in [-0.05, 0) is 38.0 Å². The van der Waals surface area contributed by atoms with Crippen LogP contribution in [0.1, 0.15) is 19.8 Å². The first kappa shape index (κ1) is 19.0. The molecule has 28 heavy (non-hydrogen) atoms. The van der Waals surface area contributed by atoms with E-state index in [1.165, 1.54) is 0 Å². The highest BCUT2D eigenvalue weighted by Gasteiger charge is 2.30. The lowest BCUT2D eigenvalue weighted by Gasteiger charge is -2.38. The van der Waals surface area contributed by atoms with E-state index in [9.17, 15) is 5.11 Å². The summed E-state index contributed by atoms with van der Waals surface area (Å²) in [5, 5.41) is 14.3. The molecule has 3 aromatic heterocycles. The fraction of sp³-hybridized carbons (Fsp3) is 0.400. The predicted molar refractivity (Wildman–Crippen MR) is 110 cm³/mol. The van der Waals surface area contributed by atoms with Crippen LogP contribution in [0, 0.1) is 0 Å². The molecule has 3 aromatic rings. The molecule has 1 fully saturated rings. The van der Waals surface area contributed by atoms with E-state index < -0.39 is 5.54 Å². The lowest BCUT2D eigenvalue weighted by atomic mass is 9.89. The van der Waals surface area contributed by atoms with Gasteiger partial charge in [0.2, 0.25) is 0 Å². The van der Waals surface area contributed by atoms with Gasteiger partial charge in [-0.1, -0.05) is 11.6 Å². The maximum Gasteiger partial charge on any atom is 0.138 e. The van der Waals surface area contributed by atoms with E-state index in [2.05, 4.69) is 15.0 Å². The molecule has 1 aliphatic rings. The number of aromatic nitrogens is 3. The molecule has 0 unspecified atom stereocenters. The molecule has 0 spiro atoms. The molecule has 0 amide bonds. The number of nitrogens with two attached hydrogens (primary N) is 1. The van der Waals surface area contributed by atoms with E-state index in [4.69, 9.17) is 22.1 Å². The second-order valence-corrected chi connectivity index (χ2v) is 7.63. The van der Waals surface area contributed by atoms with Gasteiger partial charge in [0.25, 0.3) is 0 Å². The molecule has 8 heteroatoms. The van der Waals surface area contributed by atoms with Crippen LogP contribution in [-0.4, -0.2) is 51.5 Å². The number of ether oxygens (including phenoxy) is 1. The quantitative estimate of drug-likeness (QED) is 0.683. The van der Waals surface area contributed by atoms with Crippen molar-refractivity contribution >= 4 is 22.9 Å². The molecule has 3 N–H and O–H groups in total. The maximum absolute atomic E-state index is 9.43. The van der Waals surface area contributed by atoms with Crippen LogP contribution in [0.25, 0.3) is 16.6 Å². The smallest absolute Gasteiger partial charge is 0.138 e. The number of pyridine rings is 2. The minimum atomic E-state index is -0.472. The summed E-state index contributed by atoms with van der Waals surface area (Å²) in [6.07, 6.45) is 6.79. The molecule has 0 saturated carbocycles. The van der Waals surface area contributed by atoms with Crippen LogP contribution in [0.4, 0.5) is 5.82 Å². The molecule has 1 aliphatic heterocycles. The van der Waals surface area contributed by atoms with Crippen molar-refractivity contribution in [1.82, 2.24) is 14.6 Å². The number of halogens is 1. The Balaban J connectivity index is 1.63. The standard InChI is InChI=1S/C20H24ClN5O2/c1-2-28-15-9-16(19-17(21)11-24-26(19)12-15)14-3-4-18(23-10-14)25-7-5-20(22,13-27)6-8-25/h3-4,9-12,27H,2,5-8,13,22H2,1H3. The highest BCUT2D eigenvalue weighted by molar-refractivity contribution is 6.34. The number of hydrogen-bond acceptors (Lipinski definition) is 6. The Kier molecular flexibility index (Phi) is 5.14. The Morgan fingerprint density at radius 3 is 2.71 bits per heavy atom. The Hall–Kier alpha value is -2.35. The van der Waals surface area contributed by atoms with Gasteiger partial charge in [-0.15, -0.1) is 0 Å². The number of piperidine rings is 1. The second-order valence-electron chi connectivity index (χ2n) is 7.22. The van der Waals surface area contributed by atoms with Crippen LogP contribution >= 0.6 is 11.6 Å². The Labute approximate surface area is 168 Å². The number of fused-ring (bicyclic) bond motifs is 1. The minimum absolute atomic E-state index is 0.0193. The summed E-state index contributed by atoms with van der Waals surface area (Å²) in [4.78, 5) is 6.85. The molecule has 0 atom stereocenters. The second kappa shape index (κ2) is 7.58. The van der Waals surface area contributed by atoms with Gasteiger partial charge in [0.15, 0.2) is 0 Å². The molecule has 7 nitrogen and oxygen atoms in total. The summed E-state index contributed by atoms with van der Waals surface area (Å²) in [6.45, 7) is 4.10. The zero-order valence-corrected chi connectivity index (χ0v) is 16.6. The number of aliphatic hydroxyl groups excluding tert-OH is 1. The fourth-order valence-electron chi connectivity index (χ4n) is 3.60. The van der Waals surface area contributed by atoms with E-state index in [0.717, 1.165) is 54.1 Å². The van der Waals surface area contributed by atoms with Crippen LogP contribution in [0.3, 0.4) is 0 Å². The first-order chi connectivity index (χ1) is 13.5. The third-order valence-corrected chi connectivity index (χ3v) is 5.59. The first-order valence-corrected chi connectivity index (χ1v) is 9.81. The first-order valence-electron chi connectivity index (χ1n) is 9.44. The predicted octanol–water partition coefficient (Wildman–Crippen LogP) is 2.74. The van der Waals surface area contributed by atoms with Gasteiger partial charge < -0.3 is 20.5 Å². The van der Waals surface area contributed by atoms with Gasteiger partial charge in [0, 0.05) is 36.0 Å². The molecule has 0 aromatic carbocycles. The summed E-state index contributed by atoms with van der Waals surface area (Å²) < 4.78 is 7.40. The fourth-order valence-corrected chi connectivity index (χ4v) is 3.83. The zero-order valence-electron chi connectivity index (χ0n) is 15.8. The molecule has 0 radical (unpaired) electrons. The minimum Gasteiger partial charge on any atom is -0.492 e. The van der Waals surface area contributed by atoms with E-state index >= 15 is 0 Å². The molecule has 0 aliphatic carbocycles. The van der Waals surface area contributed by atoms with Crippen molar-refractivity contribution in [3.63, 3.8) is 0 Å². The molecule has 4 heterocycles. The summed E-state index contributed by atoms with van der Waals surface area (Å²) >= 11 is 6.37. The molecule has 1 saturated heterocycles. The van der Waals surface area contributed by atoms with Crippen molar-refractivity contribution in [2.75, 3.05) is 31.2 Å². The third kappa shape index (κ3) is 3.53. The van der Waals surface area contributed by atoms with Crippen LogP contribution < -0.4 is 15.4 Å². The van der Waals surface area contributed by atoms with E-state index in [-0.39, 0.29) is 6.61 Å². The van der Waals surface area contributed by atoms with Gasteiger partial charge in [0.05, 0.1) is 36.1 Å². The van der Waals surface area contributed by atoms with Crippen molar-refractivity contribution < 1.29 is 9.84 Å². The van der Waals surface area contributed by atoms with Gasteiger partial charge in [-0.25, -0.2) is 9.50 Å². The van der Waals surface area contributed by atoms with Gasteiger partial charge in [-0.2, -0.15) is 5.10 Å². The Morgan fingerprint density at radius 1 is 1.29 bits per heavy atom. The highest BCUT2D eigenvalue weighted by Crippen LogP contribution is 2.33. The van der Waals surface area contributed by atoms with E-state index in [1.807, 2.05) is 37.5 Å². The van der Waals surface area contributed by atoms with Crippen molar-refractivity contribution in [2.24, 2.45) is 5.73 Å². The van der Waals surface area contributed by atoms with Crippen molar-refractivity contribution in [2.45, 2.75) is 25.3 Å². The van der Waals surface area contributed by atoms with Crippen molar-refractivity contribution in [3.05, 3.63) is 41.8 Å². The largest absolute Gasteiger partial charge is 0.492 e. The van der Waals surface area contributed by atoms with E-state index in [0.29, 0.717) is 11.6 Å². The summed E-state index contributed by atoms with van der Waals surface area (Å²) in [6, 6.07) is 6.01. The van der Waals surface area contributed by atoms with E-state index in [1.54, 1.807) is 10.7 Å². The number of nitrogens with zero attached hydrogens (tertiary/aromatic N) is 4. The van der Waals surface area contributed by atoms with Crippen molar-refractivity contribution in [1.29, 1.82) is 0 Å². The van der Waals surface area contributed by atoms with Crippen LogP contribution in [0.5, 0.6) is 5.75 Å². The van der Waals surface area contributed by atoms with Crippen molar-refractivity contribution in [3.8, 4) is 16.9 Å². The molecular weight excluding hydrogens is 378 g/mol. The van der Waals surface area contributed by atoms with Gasteiger partial charge >= 0.3 is 0 Å². The molecule has 148 valence electrons. The summed E-state index contributed by atoms with van der Waals surface area (Å²) in [7, 11) is 0. The number of hydrogen-bond donors (Lipinski definition) is 2. The van der Waals surface area contributed by atoms with Crippen LogP contribution in [0.15, 0.2) is 36.8 Å². The van der Waals surface area contributed by atoms with Gasteiger partial charge in [-0.3, -0.25) is 0 Å². The SMILES string of the molecule is CCOc1cc(-c2ccc(N3CCC(N)(CO)CC3)nc2)c2c(Cl)cnn2c1. The maximum atomic E-state index is 9.43.